The number of likely N-dealkylation sites (tertiary alicyclic amines) is 1. The third kappa shape index (κ3) is 3.13. The zero-order valence-electron chi connectivity index (χ0n) is 14.0. The molecule has 2 aromatic heterocycles. The van der Waals surface area contributed by atoms with Gasteiger partial charge in [-0.1, -0.05) is 20.8 Å². The Morgan fingerprint density at radius 2 is 2.13 bits per heavy atom. The maximum Gasteiger partial charge on any atom is 0.228 e. The van der Waals surface area contributed by atoms with Crippen molar-refractivity contribution in [3.05, 3.63) is 29.3 Å². The molecule has 0 aromatic carbocycles. The summed E-state index contributed by atoms with van der Waals surface area (Å²) < 4.78 is 0. The molecule has 3 heterocycles. The monoisotopic (exact) mass is 330 g/mol. The minimum atomic E-state index is -0.373. The van der Waals surface area contributed by atoms with Crippen LogP contribution < -0.4 is 0 Å². The highest BCUT2D eigenvalue weighted by Crippen LogP contribution is 2.35. The number of aromatic nitrogens is 3. The summed E-state index contributed by atoms with van der Waals surface area (Å²) in [5, 5.41) is 0. The summed E-state index contributed by atoms with van der Waals surface area (Å²) in [7, 11) is 0. The molecule has 0 bridgehead atoms. The summed E-state index contributed by atoms with van der Waals surface area (Å²) in [6.07, 6.45) is 5.52. The van der Waals surface area contributed by atoms with Gasteiger partial charge in [0, 0.05) is 12.0 Å². The molecular formula is C17H22N4OS. The van der Waals surface area contributed by atoms with E-state index in [0.29, 0.717) is 0 Å². The van der Waals surface area contributed by atoms with Gasteiger partial charge in [0.25, 0.3) is 0 Å². The number of carbonyl (C=O) groups is 1. The Kier molecular flexibility index (Phi) is 4.19. The van der Waals surface area contributed by atoms with Gasteiger partial charge in [-0.25, -0.2) is 9.97 Å². The fourth-order valence-electron chi connectivity index (χ4n) is 2.95. The fourth-order valence-corrected chi connectivity index (χ4v) is 3.71. The van der Waals surface area contributed by atoms with Gasteiger partial charge < -0.3 is 4.90 Å². The van der Waals surface area contributed by atoms with Crippen molar-refractivity contribution in [2.75, 3.05) is 6.54 Å². The summed E-state index contributed by atoms with van der Waals surface area (Å²) >= 11 is 1.57. The number of rotatable bonds is 2. The Morgan fingerprint density at radius 1 is 1.35 bits per heavy atom. The Bertz CT molecular complexity index is 719. The fraction of sp³-hybridized carbons (Fsp3) is 0.529. The topological polar surface area (TPSA) is 59.0 Å². The van der Waals surface area contributed by atoms with E-state index in [4.69, 9.17) is 4.98 Å². The Hall–Kier alpha value is -1.82. The summed E-state index contributed by atoms with van der Waals surface area (Å²) in [5.41, 5.74) is 4.14. The van der Waals surface area contributed by atoms with E-state index in [-0.39, 0.29) is 17.4 Å². The van der Waals surface area contributed by atoms with Gasteiger partial charge in [-0.15, -0.1) is 11.3 Å². The highest BCUT2D eigenvalue weighted by molar-refractivity contribution is 7.13. The molecule has 1 aliphatic rings. The standard InChI is InChI=1S/C17H22N4OS/c1-11-15(23-10-19-11)13-9-18-8-12(20-13)14-6-5-7-21(14)16(22)17(2,3)4/h8-10,14H,5-7H2,1-4H3/t14-/m1/s1. The molecule has 5 nitrogen and oxygen atoms in total. The first-order chi connectivity index (χ1) is 10.9. The number of nitrogens with zero attached hydrogens (tertiary/aromatic N) is 4. The van der Waals surface area contributed by atoms with Gasteiger partial charge >= 0.3 is 0 Å². The second kappa shape index (κ2) is 6.00. The average molecular weight is 330 g/mol. The first-order valence-corrected chi connectivity index (χ1v) is 8.79. The summed E-state index contributed by atoms with van der Waals surface area (Å²) in [6.45, 7) is 8.67. The Balaban J connectivity index is 1.92. The maximum atomic E-state index is 12.7. The number of thiazole rings is 1. The van der Waals surface area contributed by atoms with Gasteiger partial charge in [0.2, 0.25) is 5.91 Å². The van der Waals surface area contributed by atoms with Crippen LogP contribution in [0.15, 0.2) is 17.9 Å². The van der Waals surface area contributed by atoms with Gasteiger partial charge in [0.05, 0.1) is 40.2 Å². The van der Waals surface area contributed by atoms with Gasteiger partial charge in [-0.2, -0.15) is 0 Å². The van der Waals surface area contributed by atoms with Crippen LogP contribution in [0.4, 0.5) is 0 Å². The first kappa shape index (κ1) is 16.1. The van der Waals surface area contributed by atoms with Crippen LogP contribution in [0, 0.1) is 12.3 Å². The molecule has 122 valence electrons. The van der Waals surface area contributed by atoms with Gasteiger partial charge in [0.15, 0.2) is 0 Å². The number of hydrogen-bond donors (Lipinski definition) is 0. The number of amides is 1. The molecule has 3 rings (SSSR count). The third-order valence-electron chi connectivity index (χ3n) is 4.13. The number of hydrogen-bond acceptors (Lipinski definition) is 5. The van der Waals surface area contributed by atoms with E-state index in [0.717, 1.165) is 41.3 Å². The predicted molar refractivity (Wildman–Crippen MR) is 91.0 cm³/mol. The largest absolute Gasteiger partial charge is 0.334 e. The van der Waals surface area contributed by atoms with Gasteiger partial charge in [0.1, 0.15) is 5.69 Å². The van der Waals surface area contributed by atoms with Gasteiger partial charge in [-0.05, 0) is 19.8 Å². The van der Waals surface area contributed by atoms with Crippen LogP contribution in [0.25, 0.3) is 10.6 Å². The molecule has 0 spiro atoms. The molecule has 1 aliphatic heterocycles. The lowest BCUT2D eigenvalue weighted by Crippen LogP contribution is -2.39. The van der Waals surface area contributed by atoms with Crippen LogP contribution in [0.5, 0.6) is 0 Å². The lowest BCUT2D eigenvalue weighted by molar-refractivity contribution is -0.140. The molecule has 1 atom stereocenters. The molecule has 0 aliphatic carbocycles. The minimum absolute atomic E-state index is 0.0300. The third-order valence-corrected chi connectivity index (χ3v) is 5.08. The zero-order valence-corrected chi connectivity index (χ0v) is 14.9. The van der Waals surface area contributed by atoms with Crippen molar-refractivity contribution in [3.8, 4) is 10.6 Å². The zero-order chi connectivity index (χ0) is 16.6. The SMILES string of the molecule is Cc1ncsc1-c1cncc([C@H]2CCCN2C(=O)C(C)(C)C)n1. The van der Waals surface area contributed by atoms with Crippen LogP contribution in [0.1, 0.15) is 51.0 Å². The van der Waals surface area contributed by atoms with Crippen LogP contribution in [-0.4, -0.2) is 32.3 Å². The number of aryl methyl sites for hydroxylation is 1. The van der Waals surface area contributed by atoms with E-state index >= 15 is 0 Å². The van der Waals surface area contributed by atoms with Crippen molar-refractivity contribution >= 4 is 17.2 Å². The summed E-state index contributed by atoms with van der Waals surface area (Å²) in [6, 6.07) is 0.0300. The van der Waals surface area contributed by atoms with Crippen LogP contribution in [0.3, 0.4) is 0 Å². The molecule has 0 saturated carbocycles. The smallest absolute Gasteiger partial charge is 0.228 e. The summed E-state index contributed by atoms with van der Waals surface area (Å²) in [4.78, 5) is 29.1. The van der Waals surface area contributed by atoms with E-state index in [1.165, 1.54) is 0 Å². The summed E-state index contributed by atoms with van der Waals surface area (Å²) in [5.74, 6) is 0.182. The van der Waals surface area contributed by atoms with Crippen molar-refractivity contribution in [2.45, 2.75) is 46.6 Å². The van der Waals surface area contributed by atoms with E-state index in [2.05, 4.69) is 9.97 Å². The Labute approximate surface area is 140 Å². The van der Waals surface area contributed by atoms with Crippen LogP contribution in [-0.2, 0) is 4.79 Å². The maximum absolute atomic E-state index is 12.7. The minimum Gasteiger partial charge on any atom is -0.334 e. The second-order valence-electron chi connectivity index (χ2n) is 7.00. The molecule has 2 aromatic rings. The van der Waals surface area contributed by atoms with Crippen molar-refractivity contribution in [2.24, 2.45) is 5.41 Å². The molecular weight excluding hydrogens is 308 g/mol. The lowest BCUT2D eigenvalue weighted by atomic mass is 9.94. The second-order valence-corrected chi connectivity index (χ2v) is 7.86. The van der Waals surface area contributed by atoms with E-state index in [1.54, 1.807) is 23.7 Å². The molecule has 1 saturated heterocycles. The molecule has 6 heteroatoms. The highest BCUT2D eigenvalue weighted by atomic mass is 32.1. The van der Waals surface area contributed by atoms with Crippen molar-refractivity contribution < 1.29 is 4.79 Å². The quantitative estimate of drug-likeness (QED) is 0.844. The van der Waals surface area contributed by atoms with Crippen molar-refractivity contribution in [3.63, 3.8) is 0 Å². The normalized spacial score (nSPS) is 18.4. The van der Waals surface area contributed by atoms with Crippen molar-refractivity contribution in [1.29, 1.82) is 0 Å². The average Bonchev–Trinajstić information content (AvgIpc) is 3.14. The van der Waals surface area contributed by atoms with E-state index < -0.39 is 0 Å². The van der Waals surface area contributed by atoms with Crippen LogP contribution in [0.2, 0.25) is 0 Å². The number of carbonyl (C=O) groups excluding carboxylic acids is 1. The van der Waals surface area contributed by atoms with Crippen LogP contribution >= 0.6 is 11.3 Å². The van der Waals surface area contributed by atoms with E-state index in [1.807, 2.05) is 38.1 Å². The molecule has 1 amide bonds. The molecule has 0 radical (unpaired) electrons. The van der Waals surface area contributed by atoms with E-state index in [9.17, 15) is 4.79 Å². The van der Waals surface area contributed by atoms with Crippen molar-refractivity contribution in [1.82, 2.24) is 19.9 Å². The molecule has 1 fully saturated rings. The Morgan fingerprint density at radius 3 is 2.78 bits per heavy atom. The predicted octanol–water partition coefficient (Wildman–Crippen LogP) is 3.62. The van der Waals surface area contributed by atoms with Gasteiger partial charge in [-0.3, -0.25) is 9.78 Å². The molecule has 23 heavy (non-hydrogen) atoms. The lowest BCUT2D eigenvalue weighted by Gasteiger charge is -2.30. The molecule has 0 unspecified atom stereocenters. The highest BCUT2D eigenvalue weighted by Gasteiger charge is 2.36. The first-order valence-electron chi connectivity index (χ1n) is 7.91. The molecule has 0 N–H and O–H groups in total.